The Labute approximate surface area is 102 Å². The molecule has 0 unspecified atom stereocenters. The minimum Gasteiger partial charge on any atom is -0.389 e. The summed E-state index contributed by atoms with van der Waals surface area (Å²) in [5.41, 5.74) is 6.35. The number of anilines is 1. The highest BCUT2D eigenvalue weighted by Crippen LogP contribution is 2.10. The van der Waals surface area contributed by atoms with Gasteiger partial charge in [-0.3, -0.25) is 0 Å². The van der Waals surface area contributed by atoms with Crippen LogP contribution < -0.4 is 11.1 Å². The van der Waals surface area contributed by atoms with E-state index in [-0.39, 0.29) is 0 Å². The van der Waals surface area contributed by atoms with Gasteiger partial charge in [0, 0.05) is 6.54 Å². The summed E-state index contributed by atoms with van der Waals surface area (Å²) >= 11 is 4.94. The fourth-order valence-corrected chi connectivity index (χ4v) is 1.58. The van der Waals surface area contributed by atoms with Crippen LogP contribution in [-0.4, -0.2) is 21.7 Å². The Kier molecular flexibility index (Phi) is 5.71. The normalized spacial score (nSPS) is 10.1. The van der Waals surface area contributed by atoms with Gasteiger partial charge in [-0.05, 0) is 12.5 Å². The zero-order chi connectivity index (χ0) is 11.8. The summed E-state index contributed by atoms with van der Waals surface area (Å²) in [4.78, 5) is 0.353. The summed E-state index contributed by atoms with van der Waals surface area (Å²) < 4.78 is 0. The van der Waals surface area contributed by atoms with Crippen molar-refractivity contribution in [1.82, 2.24) is 10.2 Å². The van der Waals surface area contributed by atoms with Crippen LogP contribution in [0.25, 0.3) is 0 Å². The van der Waals surface area contributed by atoms with E-state index in [1.54, 1.807) is 12.3 Å². The van der Waals surface area contributed by atoms with E-state index in [1.165, 1.54) is 19.3 Å². The molecule has 16 heavy (non-hydrogen) atoms. The average molecular weight is 238 g/mol. The zero-order valence-electron chi connectivity index (χ0n) is 9.57. The number of aromatic nitrogens is 2. The molecule has 1 aromatic heterocycles. The first-order valence-electron chi connectivity index (χ1n) is 5.61. The van der Waals surface area contributed by atoms with Gasteiger partial charge in [0.05, 0.1) is 11.8 Å². The Bertz CT molecular complexity index is 341. The van der Waals surface area contributed by atoms with Crippen molar-refractivity contribution >= 4 is 23.0 Å². The molecule has 5 heteroatoms. The highest BCUT2D eigenvalue weighted by molar-refractivity contribution is 7.80. The third kappa shape index (κ3) is 4.10. The Morgan fingerprint density at radius 2 is 2.25 bits per heavy atom. The number of nitrogens with one attached hydrogen (secondary N) is 1. The van der Waals surface area contributed by atoms with Gasteiger partial charge in [0.2, 0.25) is 0 Å². The third-order valence-corrected chi connectivity index (χ3v) is 2.53. The molecular formula is C11H18N4S. The summed E-state index contributed by atoms with van der Waals surface area (Å²) in [5.74, 6) is 0.687. The van der Waals surface area contributed by atoms with E-state index in [1.807, 2.05) is 0 Å². The van der Waals surface area contributed by atoms with Crippen LogP contribution in [-0.2, 0) is 0 Å². The Morgan fingerprint density at radius 3 is 2.94 bits per heavy atom. The quantitative estimate of drug-likeness (QED) is 0.562. The van der Waals surface area contributed by atoms with E-state index in [0.717, 1.165) is 18.5 Å². The zero-order valence-corrected chi connectivity index (χ0v) is 10.4. The number of hydrogen-bond donors (Lipinski definition) is 2. The van der Waals surface area contributed by atoms with Crippen molar-refractivity contribution < 1.29 is 0 Å². The number of unbranched alkanes of at least 4 members (excludes halogenated alkanes) is 3. The first-order chi connectivity index (χ1) is 7.75. The molecule has 1 aromatic rings. The largest absolute Gasteiger partial charge is 0.389 e. The van der Waals surface area contributed by atoms with E-state index in [2.05, 4.69) is 22.4 Å². The molecule has 0 amide bonds. The minimum atomic E-state index is 0.353. The van der Waals surface area contributed by atoms with Crippen LogP contribution in [0.2, 0.25) is 0 Å². The molecule has 0 spiro atoms. The van der Waals surface area contributed by atoms with Gasteiger partial charge >= 0.3 is 0 Å². The van der Waals surface area contributed by atoms with Gasteiger partial charge in [-0.2, -0.15) is 5.10 Å². The van der Waals surface area contributed by atoms with Gasteiger partial charge in [-0.1, -0.05) is 38.4 Å². The minimum absolute atomic E-state index is 0.353. The van der Waals surface area contributed by atoms with Crippen molar-refractivity contribution in [3.05, 3.63) is 17.8 Å². The van der Waals surface area contributed by atoms with E-state index < -0.39 is 0 Å². The molecule has 0 aliphatic carbocycles. The summed E-state index contributed by atoms with van der Waals surface area (Å²) in [7, 11) is 0. The molecule has 0 atom stereocenters. The van der Waals surface area contributed by atoms with Crippen molar-refractivity contribution in [2.75, 3.05) is 11.9 Å². The summed E-state index contributed by atoms with van der Waals surface area (Å²) in [6.07, 6.45) is 6.46. The standard InChI is InChI=1S/C11H18N4S/c1-2-3-4-5-7-13-11-9(10(12)16)6-8-14-15-11/h6,8H,2-5,7H2,1H3,(H2,12,16)(H,13,15). The molecule has 0 fully saturated rings. The third-order valence-electron chi connectivity index (χ3n) is 2.31. The molecule has 0 saturated carbocycles. The van der Waals surface area contributed by atoms with Crippen LogP contribution in [0.15, 0.2) is 12.3 Å². The lowest BCUT2D eigenvalue weighted by Crippen LogP contribution is -2.15. The van der Waals surface area contributed by atoms with Gasteiger partial charge in [-0.15, -0.1) is 5.10 Å². The topological polar surface area (TPSA) is 63.8 Å². The summed E-state index contributed by atoms with van der Waals surface area (Å²) in [6.45, 7) is 3.08. The van der Waals surface area contributed by atoms with E-state index in [9.17, 15) is 0 Å². The number of thiocarbonyl (C=S) groups is 1. The highest BCUT2D eigenvalue weighted by atomic mass is 32.1. The Morgan fingerprint density at radius 1 is 1.44 bits per heavy atom. The molecule has 0 saturated heterocycles. The highest BCUT2D eigenvalue weighted by Gasteiger charge is 2.05. The number of nitrogens with two attached hydrogens (primary N) is 1. The SMILES string of the molecule is CCCCCCNc1nnccc1C(N)=S. The monoisotopic (exact) mass is 238 g/mol. The number of nitrogens with zero attached hydrogens (tertiary/aromatic N) is 2. The van der Waals surface area contributed by atoms with Gasteiger partial charge in [-0.25, -0.2) is 0 Å². The Hall–Kier alpha value is -1.23. The van der Waals surface area contributed by atoms with Gasteiger partial charge < -0.3 is 11.1 Å². The van der Waals surface area contributed by atoms with Crippen LogP contribution in [0.4, 0.5) is 5.82 Å². The number of rotatable bonds is 7. The van der Waals surface area contributed by atoms with E-state index >= 15 is 0 Å². The van der Waals surface area contributed by atoms with Crippen molar-refractivity contribution in [3.8, 4) is 0 Å². The maximum atomic E-state index is 5.59. The first kappa shape index (κ1) is 12.8. The molecule has 3 N–H and O–H groups in total. The smallest absolute Gasteiger partial charge is 0.158 e. The summed E-state index contributed by atoms with van der Waals surface area (Å²) in [5, 5.41) is 11.0. The van der Waals surface area contributed by atoms with Crippen molar-refractivity contribution in [3.63, 3.8) is 0 Å². The predicted octanol–water partition coefficient (Wildman–Crippen LogP) is 2.10. The van der Waals surface area contributed by atoms with E-state index in [4.69, 9.17) is 18.0 Å². The molecule has 1 heterocycles. The lowest BCUT2D eigenvalue weighted by atomic mass is 10.2. The van der Waals surface area contributed by atoms with Crippen molar-refractivity contribution in [2.24, 2.45) is 5.73 Å². The maximum Gasteiger partial charge on any atom is 0.158 e. The van der Waals surface area contributed by atoms with Crippen LogP contribution >= 0.6 is 12.2 Å². The lowest BCUT2D eigenvalue weighted by molar-refractivity contribution is 0.683. The molecule has 0 radical (unpaired) electrons. The van der Waals surface area contributed by atoms with Gasteiger partial charge in [0.1, 0.15) is 4.99 Å². The fraction of sp³-hybridized carbons (Fsp3) is 0.545. The molecule has 1 rings (SSSR count). The summed E-state index contributed by atoms with van der Waals surface area (Å²) in [6, 6.07) is 1.78. The first-order valence-corrected chi connectivity index (χ1v) is 6.02. The van der Waals surface area contributed by atoms with Crippen molar-refractivity contribution in [2.45, 2.75) is 32.6 Å². The molecule has 88 valence electrons. The van der Waals surface area contributed by atoms with Crippen LogP contribution in [0.3, 0.4) is 0 Å². The molecule has 0 aromatic carbocycles. The molecule has 4 nitrogen and oxygen atoms in total. The second-order valence-corrected chi connectivity index (χ2v) is 4.09. The van der Waals surface area contributed by atoms with Crippen LogP contribution in [0, 0.1) is 0 Å². The van der Waals surface area contributed by atoms with Crippen LogP contribution in [0.5, 0.6) is 0 Å². The molecule has 0 aliphatic rings. The fourth-order valence-electron chi connectivity index (χ4n) is 1.42. The molecular weight excluding hydrogens is 220 g/mol. The van der Waals surface area contributed by atoms with Gasteiger partial charge in [0.15, 0.2) is 5.82 Å². The maximum absolute atomic E-state index is 5.59. The van der Waals surface area contributed by atoms with Crippen molar-refractivity contribution in [1.29, 1.82) is 0 Å². The lowest BCUT2D eigenvalue weighted by Gasteiger charge is -2.08. The average Bonchev–Trinajstić information content (AvgIpc) is 2.29. The van der Waals surface area contributed by atoms with E-state index in [0.29, 0.717) is 10.8 Å². The second-order valence-electron chi connectivity index (χ2n) is 3.65. The predicted molar refractivity (Wildman–Crippen MR) is 70.6 cm³/mol. The number of hydrogen-bond acceptors (Lipinski definition) is 4. The Balaban J connectivity index is 2.44. The second kappa shape index (κ2) is 7.11. The molecule has 0 aliphatic heterocycles. The van der Waals surface area contributed by atoms with Crippen LogP contribution in [0.1, 0.15) is 38.2 Å². The van der Waals surface area contributed by atoms with Gasteiger partial charge in [0.25, 0.3) is 0 Å². The molecule has 0 bridgehead atoms.